The first kappa shape index (κ1) is 27.5. The van der Waals surface area contributed by atoms with E-state index in [9.17, 15) is 18.3 Å². The first-order valence-corrected chi connectivity index (χ1v) is 13.7. The van der Waals surface area contributed by atoms with Crippen LogP contribution in [-0.4, -0.2) is 29.0 Å². The van der Waals surface area contributed by atoms with E-state index in [0.29, 0.717) is 11.1 Å². The van der Waals surface area contributed by atoms with Crippen LogP contribution in [0.1, 0.15) is 16.7 Å². The number of phenolic OH excluding ortho intramolecular Hbond substituents is 1. The predicted octanol–water partition coefficient (Wildman–Crippen LogP) is 6.52. The van der Waals surface area contributed by atoms with Crippen LogP contribution in [0.25, 0.3) is 11.1 Å². The van der Waals surface area contributed by atoms with E-state index in [4.69, 9.17) is 28.3 Å². The molecule has 0 fully saturated rings. The highest BCUT2D eigenvalue weighted by Gasteiger charge is 2.29. The number of halogens is 2. The molecule has 0 saturated carbocycles. The number of aromatic hydroxyl groups is 1. The van der Waals surface area contributed by atoms with Crippen LogP contribution in [-0.2, 0) is 29.7 Å². The number of rotatable bonds is 9. The maximum absolute atomic E-state index is 13.8. The lowest BCUT2D eigenvalue weighted by Gasteiger charge is -2.24. The largest absolute Gasteiger partial charge is 0.505 e. The van der Waals surface area contributed by atoms with Gasteiger partial charge in [-0.3, -0.25) is 0 Å². The molecule has 0 aliphatic heterocycles. The van der Waals surface area contributed by atoms with Crippen molar-refractivity contribution in [1.82, 2.24) is 9.62 Å². The van der Waals surface area contributed by atoms with Crippen molar-refractivity contribution in [3.8, 4) is 16.9 Å². The molecular formula is C28H24Cl2N2O5S. The first-order chi connectivity index (χ1) is 18.1. The number of amides is 1. The molecule has 0 bridgehead atoms. The minimum atomic E-state index is -4.27. The van der Waals surface area contributed by atoms with Gasteiger partial charge >= 0.3 is 6.09 Å². The van der Waals surface area contributed by atoms with E-state index in [-0.39, 0.29) is 29.7 Å². The standard InChI is InChI=1S/C28H24Cl2N2O5S/c29-24-14-25(30)27(33)26(15-24)38(36,37)32(18-21-6-4-5-20(13-21)16-31-28(34)35)17-19-9-11-23(12-10-19)22-7-2-1-3-8-22/h1-15,31,33H,16-18H2,(H,34,35). The summed E-state index contributed by atoms with van der Waals surface area (Å²) in [5.41, 5.74) is 4.05. The first-order valence-electron chi connectivity index (χ1n) is 11.5. The van der Waals surface area contributed by atoms with Gasteiger partial charge in [0.05, 0.1) is 5.02 Å². The summed E-state index contributed by atoms with van der Waals surface area (Å²) in [4.78, 5) is 10.5. The summed E-state index contributed by atoms with van der Waals surface area (Å²) in [6.45, 7) is 0.0212. The van der Waals surface area contributed by atoms with Gasteiger partial charge in [-0.1, -0.05) is 102 Å². The Morgan fingerprint density at radius 3 is 2.11 bits per heavy atom. The second kappa shape index (κ2) is 11.9. The van der Waals surface area contributed by atoms with Gasteiger partial charge in [-0.05, 0) is 39.9 Å². The van der Waals surface area contributed by atoms with Gasteiger partial charge in [0.1, 0.15) is 4.90 Å². The molecule has 4 aromatic carbocycles. The summed E-state index contributed by atoms with van der Waals surface area (Å²) in [6.07, 6.45) is -1.16. The highest BCUT2D eigenvalue weighted by atomic mass is 35.5. The normalized spacial score (nSPS) is 11.4. The third-order valence-electron chi connectivity index (χ3n) is 5.83. The number of nitrogens with one attached hydrogen (secondary N) is 1. The third kappa shape index (κ3) is 6.65. The summed E-state index contributed by atoms with van der Waals surface area (Å²) >= 11 is 12.1. The molecule has 10 heteroatoms. The molecule has 0 spiro atoms. The zero-order chi connectivity index (χ0) is 27.3. The van der Waals surface area contributed by atoms with E-state index < -0.39 is 26.8 Å². The van der Waals surface area contributed by atoms with E-state index in [1.165, 1.54) is 10.4 Å². The fourth-order valence-corrected chi connectivity index (χ4v) is 6.12. The van der Waals surface area contributed by atoms with Gasteiger partial charge in [-0.2, -0.15) is 4.31 Å². The smallest absolute Gasteiger partial charge is 0.404 e. The fraction of sp³-hybridized carbons (Fsp3) is 0.107. The molecule has 38 heavy (non-hydrogen) atoms. The van der Waals surface area contributed by atoms with Crippen molar-refractivity contribution in [1.29, 1.82) is 0 Å². The van der Waals surface area contributed by atoms with Crippen molar-refractivity contribution < 1.29 is 23.4 Å². The molecule has 0 aliphatic rings. The Morgan fingerprint density at radius 1 is 0.789 bits per heavy atom. The Kier molecular flexibility index (Phi) is 8.58. The molecule has 4 rings (SSSR count). The number of carbonyl (C=O) groups is 1. The summed E-state index contributed by atoms with van der Waals surface area (Å²) < 4.78 is 28.8. The number of carboxylic acid groups (broad SMARTS) is 1. The van der Waals surface area contributed by atoms with Crippen LogP contribution in [0.2, 0.25) is 10.0 Å². The van der Waals surface area contributed by atoms with E-state index in [0.717, 1.165) is 22.8 Å². The minimum Gasteiger partial charge on any atom is -0.505 e. The Labute approximate surface area is 230 Å². The van der Waals surface area contributed by atoms with Gasteiger partial charge in [0.15, 0.2) is 5.75 Å². The lowest BCUT2D eigenvalue weighted by Crippen LogP contribution is -2.30. The molecule has 0 saturated heterocycles. The maximum atomic E-state index is 13.8. The van der Waals surface area contributed by atoms with Crippen LogP contribution >= 0.6 is 23.2 Å². The summed E-state index contributed by atoms with van der Waals surface area (Å²) in [6, 6.07) is 26.7. The maximum Gasteiger partial charge on any atom is 0.404 e. The molecule has 196 valence electrons. The van der Waals surface area contributed by atoms with E-state index in [2.05, 4.69) is 5.32 Å². The third-order valence-corrected chi connectivity index (χ3v) is 8.14. The van der Waals surface area contributed by atoms with Crippen LogP contribution in [0.4, 0.5) is 4.79 Å². The number of sulfonamides is 1. The zero-order valence-electron chi connectivity index (χ0n) is 20.0. The van der Waals surface area contributed by atoms with Crippen LogP contribution in [0.3, 0.4) is 0 Å². The summed E-state index contributed by atoms with van der Waals surface area (Å²) in [5, 5.41) is 21.6. The van der Waals surface area contributed by atoms with Gasteiger partial charge in [-0.15, -0.1) is 0 Å². The van der Waals surface area contributed by atoms with Crippen molar-refractivity contribution in [3.63, 3.8) is 0 Å². The van der Waals surface area contributed by atoms with Gasteiger partial charge in [0, 0.05) is 24.7 Å². The number of benzene rings is 4. The van der Waals surface area contributed by atoms with Crippen molar-refractivity contribution in [2.75, 3.05) is 0 Å². The predicted molar refractivity (Wildman–Crippen MR) is 148 cm³/mol. The molecule has 4 aromatic rings. The van der Waals surface area contributed by atoms with Gasteiger partial charge in [-0.25, -0.2) is 13.2 Å². The van der Waals surface area contributed by atoms with Crippen LogP contribution in [0.15, 0.2) is 95.9 Å². The number of hydrogen-bond donors (Lipinski definition) is 3. The van der Waals surface area contributed by atoms with Gasteiger partial charge in [0.25, 0.3) is 0 Å². The minimum absolute atomic E-state index is 0.00141. The van der Waals surface area contributed by atoms with Crippen molar-refractivity contribution in [2.45, 2.75) is 24.5 Å². The molecule has 7 nitrogen and oxygen atoms in total. The Morgan fingerprint density at radius 2 is 1.42 bits per heavy atom. The number of phenols is 1. The Balaban J connectivity index is 1.69. The molecule has 3 N–H and O–H groups in total. The molecule has 1 amide bonds. The molecule has 0 aromatic heterocycles. The second-order valence-corrected chi connectivity index (χ2v) is 11.3. The molecular weight excluding hydrogens is 547 g/mol. The van der Waals surface area contributed by atoms with Crippen molar-refractivity contribution in [3.05, 3.63) is 118 Å². The Bertz CT molecular complexity index is 1550. The summed E-state index contributed by atoms with van der Waals surface area (Å²) in [5.74, 6) is -0.583. The van der Waals surface area contributed by atoms with E-state index in [1.807, 2.05) is 54.6 Å². The van der Waals surface area contributed by atoms with Crippen molar-refractivity contribution >= 4 is 39.3 Å². The lowest BCUT2D eigenvalue weighted by molar-refractivity contribution is 0.194. The van der Waals surface area contributed by atoms with Crippen molar-refractivity contribution in [2.24, 2.45) is 0 Å². The second-order valence-electron chi connectivity index (χ2n) is 8.55. The summed E-state index contributed by atoms with van der Waals surface area (Å²) in [7, 11) is -4.27. The van der Waals surface area contributed by atoms with Gasteiger partial charge < -0.3 is 15.5 Å². The van der Waals surface area contributed by atoms with Crippen LogP contribution in [0, 0.1) is 0 Å². The quantitative estimate of drug-likeness (QED) is 0.212. The average molecular weight is 571 g/mol. The average Bonchev–Trinajstić information content (AvgIpc) is 2.90. The Hall–Kier alpha value is -3.56. The van der Waals surface area contributed by atoms with E-state index >= 15 is 0 Å². The fourth-order valence-electron chi connectivity index (χ4n) is 3.96. The molecule has 0 heterocycles. The monoisotopic (exact) mass is 570 g/mol. The van der Waals surface area contributed by atoms with Crippen LogP contribution < -0.4 is 5.32 Å². The topological polar surface area (TPSA) is 107 Å². The van der Waals surface area contributed by atoms with Crippen LogP contribution in [0.5, 0.6) is 5.75 Å². The lowest BCUT2D eigenvalue weighted by atomic mass is 10.0. The molecule has 0 unspecified atom stereocenters. The molecule has 0 radical (unpaired) electrons. The SMILES string of the molecule is O=C(O)NCc1cccc(CN(Cc2ccc(-c3ccccc3)cc2)S(=O)(=O)c2cc(Cl)cc(Cl)c2O)c1. The van der Waals surface area contributed by atoms with Gasteiger partial charge in [0.2, 0.25) is 10.0 Å². The number of hydrogen-bond acceptors (Lipinski definition) is 4. The highest BCUT2D eigenvalue weighted by molar-refractivity contribution is 7.89. The zero-order valence-corrected chi connectivity index (χ0v) is 22.3. The highest BCUT2D eigenvalue weighted by Crippen LogP contribution is 2.36. The van der Waals surface area contributed by atoms with E-state index in [1.54, 1.807) is 24.3 Å². The molecule has 0 atom stereocenters. The molecule has 0 aliphatic carbocycles. The number of nitrogens with zero attached hydrogens (tertiary/aromatic N) is 1.